The minimum Gasteiger partial charge on any atom is -0.490 e. The number of aromatic nitrogens is 2. The molecule has 1 aromatic heterocycles. The SMILES string of the molecule is Fc1ccc(OCC2COCCO2)c(C2CCN(C3COC4(C3)CN(c3nnco3)C4)CC2)c1. The van der Waals surface area contributed by atoms with Gasteiger partial charge in [-0.1, -0.05) is 5.10 Å². The maximum absolute atomic E-state index is 14.1. The van der Waals surface area contributed by atoms with Gasteiger partial charge in [0.25, 0.3) is 0 Å². The Kier molecular flexibility index (Phi) is 6.15. The van der Waals surface area contributed by atoms with E-state index in [-0.39, 0.29) is 23.4 Å². The van der Waals surface area contributed by atoms with Gasteiger partial charge in [-0.25, -0.2) is 4.39 Å². The highest BCUT2D eigenvalue weighted by Gasteiger charge is 2.52. The number of halogens is 1. The lowest BCUT2D eigenvalue weighted by Gasteiger charge is -2.46. The Balaban J connectivity index is 1.03. The largest absolute Gasteiger partial charge is 0.490 e. The molecule has 6 rings (SSSR count). The molecule has 10 heteroatoms. The molecule has 9 nitrogen and oxygen atoms in total. The fraction of sp³-hybridized carbons (Fsp3) is 0.667. The summed E-state index contributed by atoms with van der Waals surface area (Å²) in [7, 11) is 0. The van der Waals surface area contributed by atoms with Crippen LogP contribution >= 0.6 is 0 Å². The van der Waals surface area contributed by atoms with Crippen LogP contribution in [-0.4, -0.2) is 92.1 Å². The quantitative estimate of drug-likeness (QED) is 0.626. The Labute approximate surface area is 198 Å². The molecular formula is C24H31FN4O5. The van der Waals surface area contributed by atoms with Gasteiger partial charge in [0.2, 0.25) is 6.39 Å². The van der Waals surface area contributed by atoms with Gasteiger partial charge in [-0.3, -0.25) is 4.90 Å². The van der Waals surface area contributed by atoms with Gasteiger partial charge in [0.05, 0.1) is 39.5 Å². The lowest BCUT2D eigenvalue weighted by molar-refractivity contribution is -0.101. The molecular weight excluding hydrogens is 443 g/mol. The lowest BCUT2D eigenvalue weighted by Crippen LogP contribution is -2.62. The second kappa shape index (κ2) is 9.41. The van der Waals surface area contributed by atoms with E-state index in [4.69, 9.17) is 23.4 Å². The molecule has 4 aliphatic rings. The topological polar surface area (TPSA) is 82.3 Å². The van der Waals surface area contributed by atoms with E-state index in [0.29, 0.717) is 38.5 Å². The minimum absolute atomic E-state index is 0.0783. The van der Waals surface area contributed by atoms with Crippen LogP contribution in [-0.2, 0) is 14.2 Å². The van der Waals surface area contributed by atoms with Crippen LogP contribution in [0.5, 0.6) is 5.75 Å². The highest BCUT2D eigenvalue weighted by Crippen LogP contribution is 2.41. The van der Waals surface area contributed by atoms with E-state index in [1.54, 1.807) is 12.1 Å². The highest BCUT2D eigenvalue weighted by atomic mass is 19.1. The summed E-state index contributed by atoms with van der Waals surface area (Å²) in [5, 5.41) is 7.74. The zero-order chi connectivity index (χ0) is 23.0. The maximum atomic E-state index is 14.1. The van der Waals surface area contributed by atoms with Crippen LogP contribution in [0, 0.1) is 5.82 Å². The van der Waals surface area contributed by atoms with E-state index >= 15 is 0 Å². The molecule has 0 N–H and O–H groups in total. The van der Waals surface area contributed by atoms with Crippen LogP contribution in [0.25, 0.3) is 0 Å². The Morgan fingerprint density at radius 3 is 2.79 bits per heavy atom. The Morgan fingerprint density at radius 1 is 1.15 bits per heavy atom. The second-order valence-corrected chi connectivity index (χ2v) is 9.80. The molecule has 184 valence electrons. The number of benzene rings is 1. The van der Waals surface area contributed by atoms with Gasteiger partial charge in [-0.2, -0.15) is 0 Å². The van der Waals surface area contributed by atoms with Crippen molar-refractivity contribution in [3.8, 4) is 5.75 Å². The number of ether oxygens (including phenoxy) is 4. The third kappa shape index (κ3) is 4.51. The van der Waals surface area contributed by atoms with Gasteiger partial charge in [0.15, 0.2) is 0 Å². The molecule has 2 aromatic rings. The van der Waals surface area contributed by atoms with Crippen LogP contribution in [0.2, 0.25) is 0 Å². The first kappa shape index (κ1) is 22.2. The lowest BCUT2D eigenvalue weighted by atomic mass is 9.86. The van der Waals surface area contributed by atoms with Gasteiger partial charge in [0, 0.05) is 11.6 Å². The molecule has 4 fully saturated rings. The van der Waals surface area contributed by atoms with Crippen LogP contribution in [0.1, 0.15) is 30.7 Å². The third-order valence-corrected chi connectivity index (χ3v) is 7.53. The molecule has 4 saturated heterocycles. The molecule has 2 unspecified atom stereocenters. The summed E-state index contributed by atoms with van der Waals surface area (Å²) in [6.45, 7) is 6.44. The summed E-state index contributed by atoms with van der Waals surface area (Å²) in [4.78, 5) is 4.60. The molecule has 2 atom stereocenters. The van der Waals surface area contributed by atoms with E-state index in [2.05, 4.69) is 20.0 Å². The first-order chi connectivity index (χ1) is 16.7. The molecule has 0 bridgehead atoms. The molecule has 1 spiro atoms. The van der Waals surface area contributed by atoms with E-state index in [1.807, 2.05) is 0 Å². The fourth-order valence-electron chi connectivity index (χ4n) is 5.73. The maximum Gasteiger partial charge on any atom is 0.318 e. The average molecular weight is 475 g/mol. The molecule has 5 heterocycles. The summed E-state index contributed by atoms with van der Waals surface area (Å²) in [6.07, 6.45) is 4.24. The normalized spacial score (nSPS) is 27.7. The summed E-state index contributed by atoms with van der Waals surface area (Å²) in [6, 6.07) is 5.84. The zero-order valence-corrected chi connectivity index (χ0v) is 19.2. The predicted molar refractivity (Wildman–Crippen MR) is 120 cm³/mol. The Morgan fingerprint density at radius 2 is 2.03 bits per heavy atom. The van der Waals surface area contributed by atoms with Gasteiger partial charge >= 0.3 is 6.01 Å². The Bertz CT molecular complexity index is 956. The first-order valence-electron chi connectivity index (χ1n) is 12.2. The van der Waals surface area contributed by atoms with Crippen LogP contribution in [0.15, 0.2) is 29.0 Å². The van der Waals surface area contributed by atoms with Crippen LogP contribution in [0.3, 0.4) is 0 Å². The first-order valence-corrected chi connectivity index (χ1v) is 12.2. The van der Waals surface area contributed by atoms with Gasteiger partial charge < -0.3 is 28.3 Å². The van der Waals surface area contributed by atoms with E-state index in [1.165, 1.54) is 12.5 Å². The van der Waals surface area contributed by atoms with Crippen molar-refractivity contribution in [3.63, 3.8) is 0 Å². The van der Waals surface area contributed by atoms with Crippen molar-refractivity contribution in [1.82, 2.24) is 15.1 Å². The van der Waals surface area contributed by atoms with E-state index in [9.17, 15) is 4.39 Å². The number of piperidine rings is 1. The zero-order valence-electron chi connectivity index (χ0n) is 19.2. The molecule has 34 heavy (non-hydrogen) atoms. The monoisotopic (exact) mass is 474 g/mol. The van der Waals surface area contributed by atoms with Crippen molar-refractivity contribution in [1.29, 1.82) is 0 Å². The van der Waals surface area contributed by atoms with Crippen molar-refractivity contribution in [2.24, 2.45) is 0 Å². The molecule has 0 aliphatic carbocycles. The summed E-state index contributed by atoms with van der Waals surface area (Å²) < 4.78 is 42.9. The minimum atomic E-state index is -0.219. The van der Waals surface area contributed by atoms with E-state index in [0.717, 1.165) is 63.4 Å². The van der Waals surface area contributed by atoms with Crippen molar-refractivity contribution in [2.45, 2.75) is 42.9 Å². The highest BCUT2D eigenvalue weighted by molar-refractivity contribution is 5.37. The molecule has 1 aromatic carbocycles. The third-order valence-electron chi connectivity index (χ3n) is 7.53. The van der Waals surface area contributed by atoms with E-state index < -0.39 is 0 Å². The molecule has 0 amide bonds. The van der Waals surface area contributed by atoms with Gasteiger partial charge in [-0.15, -0.1) is 5.10 Å². The number of hydrogen-bond donors (Lipinski definition) is 0. The molecule has 0 radical (unpaired) electrons. The second-order valence-electron chi connectivity index (χ2n) is 9.80. The fourth-order valence-corrected chi connectivity index (χ4v) is 5.73. The van der Waals surface area contributed by atoms with Crippen LogP contribution in [0.4, 0.5) is 10.4 Å². The van der Waals surface area contributed by atoms with Gasteiger partial charge in [-0.05, 0) is 56.5 Å². The van der Waals surface area contributed by atoms with Crippen molar-refractivity contribution in [2.75, 3.05) is 64.1 Å². The summed E-state index contributed by atoms with van der Waals surface area (Å²) in [5.41, 5.74) is 0.856. The predicted octanol–water partition coefficient (Wildman–Crippen LogP) is 2.23. The number of anilines is 1. The summed E-state index contributed by atoms with van der Waals surface area (Å²) in [5.74, 6) is 0.815. The van der Waals surface area contributed by atoms with Crippen molar-refractivity contribution >= 4 is 6.01 Å². The number of likely N-dealkylation sites (tertiary alicyclic amines) is 1. The smallest absolute Gasteiger partial charge is 0.318 e. The number of rotatable bonds is 6. The van der Waals surface area contributed by atoms with Crippen LogP contribution < -0.4 is 9.64 Å². The number of nitrogens with zero attached hydrogens (tertiary/aromatic N) is 4. The van der Waals surface area contributed by atoms with Crippen molar-refractivity contribution in [3.05, 3.63) is 36.0 Å². The van der Waals surface area contributed by atoms with Gasteiger partial charge in [0.1, 0.15) is 29.9 Å². The average Bonchev–Trinajstić information content (AvgIpc) is 3.54. The standard InChI is InChI=1S/C24H31FN4O5/c25-18-1-2-22(32-13-20-12-30-7-8-31-20)21(9-18)17-3-5-28(6-4-17)19-10-24(34-11-19)14-29(15-24)23-27-26-16-33-23/h1-2,9,16-17,19-20H,3-8,10-15H2. The summed E-state index contributed by atoms with van der Waals surface area (Å²) >= 11 is 0. The van der Waals surface area contributed by atoms with Crippen molar-refractivity contribution < 1.29 is 27.8 Å². The molecule has 4 aliphatic heterocycles. The number of hydrogen-bond acceptors (Lipinski definition) is 9. The Hall–Kier alpha value is -2.27. The molecule has 0 saturated carbocycles.